The minimum Gasteiger partial charge on any atom is -0.393 e. The van der Waals surface area contributed by atoms with E-state index in [1.807, 2.05) is 49.3 Å². The highest BCUT2D eigenvalue weighted by Crippen LogP contribution is 2.72. The Hall–Kier alpha value is -6.54. The van der Waals surface area contributed by atoms with E-state index in [1.54, 1.807) is 11.0 Å². The van der Waals surface area contributed by atoms with Crippen LogP contribution in [0.5, 0.6) is 0 Å². The summed E-state index contributed by atoms with van der Waals surface area (Å²) in [5.41, 5.74) is 14.0. The first-order valence-corrected chi connectivity index (χ1v) is 41.9. The fraction of sp³-hybridized carbons (Fsp3) is 0.670. The Labute approximate surface area is 625 Å². The van der Waals surface area contributed by atoms with E-state index >= 15 is 0 Å². The van der Waals surface area contributed by atoms with Crippen molar-refractivity contribution < 1.29 is 19.5 Å². The van der Waals surface area contributed by atoms with Crippen LogP contribution in [0.25, 0.3) is 22.4 Å². The minimum absolute atomic E-state index is 0.0775. The van der Waals surface area contributed by atoms with Gasteiger partial charge in [-0.2, -0.15) is 0 Å². The van der Waals surface area contributed by atoms with E-state index in [4.69, 9.17) is 0 Å². The molecule has 105 heavy (non-hydrogen) atoms. The number of aliphatic hydroxyl groups is 1. The molecular weight excluding hydrogens is 1300 g/mol. The lowest BCUT2D eigenvalue weighted by Gasteiger charge is -2.61. The molecule has 0 bridgehead atoms. The van der Waals surface area contributed by atoms with Crippen LogP contribution >= 0.6 is 0 Å². The highest BCUT2D eigenvalue weighted by atomic mass is 16.3. The number of amides is 2. The molecule has 23 atom stereocenters. The first-order chi connectivity index (χ1) is 50.6. The number of hydrogen-bond acceptors (Lipinski definition) is 11. The number of pyridine rings is 2. The molecule has 0 saturated heterocycles. The molecule has 558 valence electrons. The summed E-state index contributed by atoms with van der Waals surface area (Å²) in [5.74, 6) is 10.0. The number of hydrogen-bond donors (Lipinski definition) is 3. The molecule has 0 aromatic carbocycles. The summed E-state index contributed by atoms with van der Waals surface area (Å²) in [5, 5.41) is 29.6. The van der Waals surface area contributed by atoms with E-state index in [2.05, 4.69) is 150 Å². The van der Waals surface area contributed by atoms with Crippen molar-refractivity contribution in [3.8, 4) is 0 Å². The summed E-state index contributed by atoms with van der Waals surface area (Å²) >= 11 is 0. The van der Waals surface area contributed by atoms with Crippen LogP contribution in [0.1, 0.15) is 252 Å². The van der Waals surface area contributed by atoms with Gasteiger partial charge in [0, 0.05) is 80.2 Å². The van der Waals surface area contributed by atoms with E-state index in [0.717, 1.165) is 107 Å². The van der Waals surface area contributed by atoms with Crippen molar-refractivity contribution in [2.75, 3.05) is 13.1 Å². The second kappa shape index (κ2) is 27.2. The van der Waals surface area contributed by atoms with Crippen molar-refractivity contribution >= 4 is 40.0 Å². The van der Waals surface area contributed by atoms with E-state index in [9.17, 15) is 19.5 Å². The summed E-state index contributed by atoms with van der Waals surface area (Å²) in [7, 11) is 0. The Balaban J connectivity index is 0.000000103. The van der Waals surface area contributed by atoms with Gasteiger partial charge in [0.2, 0.25) is 11.8 Å². The van der Waals surface area contributed by atoms with Crippen LogP contribution in [0.3, 0.4) is 0 Å². The molecule has 3 N–H and O–H groups in total. The first-order valence-electron chi connectivity index (χ1n) is 41.9. The quantitative estimate of drug-likeness (QED) is 0.176. The normalized spacial score (nSPS) is 43.7. The van der Waals surface area contributed by atoms with Crippen LogP contribution in [0.4, 0.5) is 0 Å². The number of fused-ring (bicyclic) bond motifs is 20. The molecule has 0 spiro atoms. The van der Waals surface area contributed by atoms with Gasteiger partial charge in [-0.15, -0.1) is 15.0 Å². The summed E-state index contributed by atoms with van der Waals surface area (Å²) in [6.45, 7) is 21.3. The van der Waals surface area contributed by atoms with Crippen molar-refractivity contribution in [2.24, 2.45) is 126 Å². The summed E-state index contributed by atoms with van der Waals surface area (Å²) in [6, 6.07) is 8.56. The molecule has 20 rings (SSSR count). The van der Waals surface area contributed by atoms with Gasteiger partial charge in [0.1, 0.15) is 5.78 Å². The van der Waals surface area contributed by atoms with Gasteiger partial charge in [0.15, 0.2) is 6.33 Å². The van der Waals surface area contributed by atoms with Gasteiger partial charge in [-0.3, -0.25) is 34.3 Å². The average Bonchev–Trinajstić information content (AvgIpc) is 1.70. The molecule has 2 aliphatic heterocycles. The monoisotopic (exact) mass is 1420 g/mol. The Morgan fingerprint density at radius 3 is 1.55 bits per heavy atom. The number of tetrazole rings is 1. The third kappa shape index (κ3) is 11.6. The first kappa shape index (κ1) is 71.4. The Bertz CT molecular complexity index is 4150. The Kier molecular flexibility index (Phi) is 18.5. The van der Waals surface area contributed by atoms with Gasteiger partial charge >= 0.3 is 0 Å². The maximum atomic E-state index is 13.1. The molecule has 10 fully saturated rings. The molecule has 14 heteroatoms. The lowest BCUT2D eigenvalue weighted by atomic mass is 9.44. The second-order valence-corrected chi connectivity index (χ2v) is 38.5. The zero-order valence-corrected chi connectivity index (χ0v) is 64.5. The van der Waals surface area contributed by atoms with Crippen molar-refractivity contribution in [2.45, 2.75) is 241 Å². The highest BCUT2D eigenvalue weighted by Gasteiger charge is 2.64. The number of rotatable bonds is 4. The molecule has 7 unspecified atom stereocenters. The van der Waals surface area contributed by atoms with Gasteiger partial charge in [0.25, 0.3) is 0 Å². The maximum absolute atomic E-state index is 13.1. The zero-order chi connectivity index (χ0) is 72.5. The summed E-state index contributed by atoms with van der Waals surface area (Å²) in [6.07, 6.45) is 61.9. The van der Waals surface area contributed by atoms with E-state index in [0.29, 0.717) is 76.3 Å². The van der Waals surface area contributed by atoms with Crippen LogP contribution in [-0.2, 0) is 14.4 Å². The van der Waals surface area contributed by atoms with Gasteiger partial charge in [-0.1, -0.05) is 129 Å². The largest absolute Gasteiger partial charge is 0.393 e. The smallest absolute Gasteiger partial charge is 0.243 e. The number of Topliss-reactive ketones (excluding diaryl/α,β-unsaturated/α-hetero) is 1. The fourth-order valence-electron chi connectivity index (χ4n) is 29.2. The molecular formula is C91H120N10O4. The lowest BCUT2D eigenvalue weighted by Crippen LogP contribution is -2.56. The minimum atomic E-state index is -0.0775. The number of carbonyl (C=O) groups excluding carboxylic acids is 3. The van der Waals surface area contributed by atoms with E-state index < -0.39 is 0 Å². The molecule has 0 radical (unpaired) electrons. The average molecular weight is 1420 g/mol. The van der Waals surface area contributed by atoms with Crippen LogP contribution in [0.15, 0.2) is 122 Å². The maximum Gasteiger partial charge on any atom is 0.243 e. The third-order valence-electron chi connectivity index (χ3n) is 34.6. The third-order valence-corrected chi connectivity index (χ3v) is 34.6. The molecule has 14 nitrogen and oxygen atoms in total. The fourth-order valence-corrected chi connectivity index (χ4v) is 29.2. The van der Waals surface area contributed by atoms with E-state index in [1.165, 1.54) is 160 Å². The Morgan fingerprint density at radius 2 is 0.981 bits per heavy atom. The summed E-state index contributed by atoms with van der Waals surface area (Å²) in [4.78, 5) is 56.6. The van der Waals surface area contributed by atoms with Gasteiger partial charge < -0.3 is 15.7 Å². The predicted molar refractivity (Wildman–Crippen MR) is 413 cm³/mol. The number of aromatic nitrogens is 8. The second-order valence-electron chi connectivity index (χ2n) is 38.5. The van der Waals surface area contributed by atoms with E-state index in [-0.39, 0.29) is 55.8 Å². The van der Waals surface area contributed by atoms with Gasteiger partial charge in [-0.25, -0.2) is 0 Å². The van der Waals surface area contributed by atoms with Crippen molar-refractivity contribution in [3.63, 3.8) is 0 Å². The lowest BCUT2D eigenvalue weighted by molar-refractivity contribution is -0.150. The molecule has 6 heterocycles. The number of nitrogens with one attached hydrogen (secondary N) is 2. The standard InChI is InChI=1S/C24H33NO.C24H31NO.C23H29N3O.C20H27N5O/c2*1-23-11-4-3-7-21(23)22(26)14-17-19-9-8-18(16-6-5-13-25-15-16)24(19,2)12-10-20(17)23;1-22-9-10-26-21(27)13-15(22)3-4-16-17-5-6-19(20-14-24-11-12-25-20)23(17,2)8-7-18(16)22;1-19-9-10-21-18(26)11-13(19)3-4-14-15-5-6-17(25-23-12-22-24-25)20(15,2)8-7-16(14)19/h5-6,8,13,15,17,19-22,26H,3-4,7,9-12,14H2,1-2H3;5-6,8,13,15,17,19-21H,3-4,7,9-12,14H2,1-2H3;6,11-14,16-18H,3-5,7-10H2,1-2H3,(H,26,27);6,11-12,14-16H,3-5,7-10H2,1-2H3,(H,21,26)/t17-,19-,20?,21?,22?,23+,24+;17-,19-,20?,21?,23+,24+;16-,17-,18?,22-,23-;14-,15-,16?,19-,20-/m0000/s1. The molecule has 10 saturated carbocycles. The predicted octanol–water partition coefficient (Wildman–Crippen LogP) is 18.1. The molecule has 16 aliphatic rings. The number of allylic oxidation sites excluding steroid dienone is 10. The van der Waals surface area contributed by atoms with Crippen LogP contribution < -0.4 is 10.6 Å². The van der Waals surface area contributed by atoms with Gasteiger partial charge in [-0.05, 0) is 308 Å². The molecule has 4 aromatic heterocycles. The van der Waals surface area contributed by atoms with Crippen LogP contribution in [0, 0.1) is 126 Å². The van der Waals surface area contributed by atoms with Crippen LogP contribution in [-0.4, -0.2) is 82.0 Å². The zero-order valence-electron chi connectivity index (χ0n) is 64.5. The van der Waals surface area contributed by atoms with Crippen molar-refractivity contribution in [3.05, 3.63) is 138 Å². The number of aliphatic hydroxyl groups excluding tert-OH is 1. The SMILES string of the molecule is C[C@]12CCCCC1C(=O)C[C@@H]1C2CC[C@]2(C)C(c3cccnc3)=CC[C@@H]12.C[C@]12CCCCC1C(O)C[C@@H]1C2CC[C@]2(C)C(c3cccnc3)=CC[C@@H]12.C[C@]12CCNC(=O)C=C1CC[C@@H]1C2CC[C@]2(C)C(c3cnccn3)=CC[C@@H]12.C[C@]12CCNC(=O)C=C1CC[C@@H]1C2CC[C@]2(C)C(n3ncnn3)=CC[C@@H]12. The molecule has 14 aliphatic carbocycles. The molecule has 4 aromatic rings. The van der Waals surface area contributed by atoms with Crippen molar-refractivity contribution in [1.29, 1.82) is 0 Å². The van der Waals surface area contributed by atoms with Crippen LogP contribution in [0.2, 0.25) is 0 Å². The summed E-state index contributed by atoms with van der Waals surface area (Å²) < 4.78 is 0. The number of ketones is 1. The Morgan fingerprint density at radius 1 is 0.467 bits per heavy atom. The van der Waals surface area contributed by atoms with Gasteiger partial charge in [0.05, 0.1) is 23.7 Å². The molecule has 2 amide bonds. The number of nitrogens with zero attached hydrogens (tertiary/aromatic N) is 8. The van der Waals surface area contributed by atoms with Crippen molar-refractivity contribution in [1.82, 2.24) is 50.8 Å². The topological polar surface area (TPSA) is 191 Å². The number of carbonyl (C=O) groups is 3. The highest BCUT2D eigenvalue weighted by molar-refractivity contribution is 5.89.